The van der Waals surface area contributed by atoms with Crippen LogP contribution in [-0.4, -0.2) is 12.6 Å². The minimum absolute atomic E-state index is 0.0118. The van der Waals surface area contributed by atoms with E-state index in [4.69, 9.17) is 11.2 Å². The summed E-state index contributed by atoms with van der Waals surface area (Å²) in [7, 11) is 0. The summed E-state index contributed by atoms with van der Waals surface area (Å²) in [5.74, 6) is 1.21. The van der Waals surface area contributed by atoms with Gasteiger partial charge in [-0.1, -0.05) is 18.1 Å². The van der Waals surface area contributed by atoms with Crippen molar-refractivity contribution >= 4 is 5.97 Å². The van der Waals surface area contributed by atoms with Gasteiger partial charge in [-0.05, 0) is 12.1 Å². The number of carbonyl (C=O) groups excluding carboxylic acids is 1. The van der Waals surface area contributed by atoms with Crippen molar-refractivity contribution in [1.82, 2.24) is 0 Å². The second-order valence-corrected chi connectivity index (χ2v) is 2.28. The second-order valence-electron chi connectivity index (χ2n) is 2.28. The number of terminal acetylenes is 1. The molecule has 0 N–H and O–H groups in total. The first-order valence-electron chi connectivity index (χ1n) is 3.62. The smallest absolute Gasteiger partial charge is 0.148 e. The van der Waals surface area contributed by atoms with Crippen LogP contribution in [0.5, 0.6) is 5.75 Å². The quantitative estimate of drug-likeness (QED) is 0.610. The topological polar surface area (TPSA) is 49.4 Å². The monoisotopic (exact) mass is 175 g/mol. The Morgan fingerprint density at radius 1 is 1.54 bits per heavy atom. The molecule has 0 saturated carbocycles. The zero-order valence-corrected chi connectivity index (χ0v) is 6.82. The Balaban J connectivity index is 2.92. The highest BCUT2D eigenvalue weighted by Crippen LogP contribution is 2.16. The third-order valence-corrected chi connectivity index (χ3v) is 1.42. The fraction of sp³-hybridized carbons (Fsp3) is 0.100. The molecule has 3 heteroatoms. The number of hydrogen-bond donors (Lipinski definition) is 0. The Morgan fingerprint density at radius 2 is 2.23 bits per heavy atom. The van der Waals surface area contributed by atoms with Gasteiger partial charge in [0.2, 0.25) is 0 Å². The number of carbonyl (C=O) groups is 1. The second kappa shape index (κ2) is 4.17. The summed E-state index contributed by atoms with van der Waals surface area (Å²) >= 11 is 0. The molecule has 0 radical (unpaired) electrons. The number of carboxylic acid groups (broad SMARTS) is 1. The van der Waals surface area contributed by atoms with Gasteiger partial charge < -0.3 is 14.6 Å². The van der Waals surface area contributed by atoms with Gasteiger partial charge in [-0.3, -0.25) is 0 Å². The molecule has 0 spiro atoms. The third-order valence-electron chi connectivity index (χ3n) is 1.42. The molecule has 0 amide bonds. The van der Waals surface area contributed by atoms with Crippen molar-refractivity contribution in [2.45, 2.75) is 0 Å². The highest BCUT2D eigenvalue weighted by atomic mass is 16.5. The van der Waals surface area contributed by atoms with Gasteiger partial charge in [0.15, 0.2) is 0 Å². The van der Waals surface area contributed by atoms with E-state index in [9.17, 15) is 9.90 Å². The van der Waals surface area contributed by atoms with Crippen molar-refractivity contribution in [2.75, 3.05) is 6.61 Å². The first kappa shape index (κ1) is 9.14. The first-order chi connectivity index (χ1) is 6.25. The van der Waals surface area contributed by atoms with Crippen LogP contribution in [0.25, 0.3) is 0 Å². The van der Waals surface area contributed by atoms with Gasteiger partial charge >= 0.3 is 0 Å². The zero-order chi connectivity index (χ0) is 9.68. The predicted octanol–water partition coefficient (Wildman–Crippen LogP) is 0.0621. The van der Waals surface area contributed by atoms with Crippen molar-refractivity contribution in [3.8, 4) is 18.1 Å². The molecule has 0 aliphatic carbocycles. The van der Waals surface area contributed by atoms with Gasteiger partial charge in [-0.25, -0.2) is 0 Å². The number of aromatic carboxylic acids is 1. The average molecular weight is 175 g/mol. The molecule has 13 heavy (non-hydrogen) atoms. The first-order valence-corrected chi connectivity index (χ1v) is 3.62. The lowest BCUT2D eigenvalue weighted by Crippen LogP contribution is -2.23. The van der Waals surface area contributed by atoms with Gasteiger partial charge in [0, 0.05) is 5.56 Å². The van der Waals surface area contributed by atoms with E-state index in [1.54, 1.807) is 12.1 Å². The fourth-order valence-corrected chi connectivity index (χ4v) is 0.881. The van der Waals surface area contributed by atoms with Crippen LogP contribution in [0.15, 0.2) is 24.3 Å². The van der Waals surface area contributed by atoms with Crippen LogP contribution in [0.2, 0.25) is 0 Å². The summed E-state index contributed by atoms with van der Waals surface area (Å²) in [6, 6.07) is 6.19. The molecule has 0 fully saturated rings. The van der Waals surface area contributed by atoms with Crippen LogP contribution >= 0.6 is 0 Å². The zero-order valence-electron chi connectivity index (χ0n) is 6.82. The van der Waals surface area contributed by atoms with E-state index in [2.05, 4.69) is 5.92 Å². The van der Waals surface area contributed by atoms with E-state index < -0.39 is 5.97 Å². The molecule has 0 aliphatic heterocycles. The van der Waals surface area contributed by atoms with Gasteiger partial charge in [-0.15, -0.1) is 6.42 Å². The predicted molar refractivity (Wildman–Crippen MR) is 45.1 cm³/mol. The van der Waals surface area contributed by atoms with E-state index in [1.165, 1.54) is 12.1 Å². The third kappa shape index (κ3) is 2.24. The minimum atomic E-state index is -1.27. The number of benzene rings is 1. The Morgan fingerprint density at radius 3 is 2.85 bits per heavy atom. The number of para-hydroxylation sites is 1. The lowest BCUT2D eigenvalue weighted by Gasteiger charge is -2.09. The Labute approximate surface area is 76.0 Å². The van der Waals surface area contributed by atoms with Crippen molar-refractivity contribution in [1.29, 1.82) is 0 Å². The maximum atomic E-state index is 10.5. The maximum Gasteiger partial charge on any atom is 0.148 e. The molecule has 1 aromatic carbocycles. The molecular weight excluding hydrogens is 168 g/mol. The van der Waals surface area contributed by atoms with Gasteiger partial charge in [-0.2, -0.15) is 0 Å². The fourth-order valence-electron chi connectivity index (χ4n) is 0.881. The normalized spacial score (nSPS) is 8.85. The van der Waals surface area contributed by atoms with Crippen molar-refractivity contribution in [2.24, 2.45) is 0 Å². The van der Waals surface area contributed by atoms with Crippen LogP contribution in [0.3, 0.4) is 0 Å². The number of hydrogen-bond acceptors (Lipinski definition) is 3. The van der Waals surface area contributed by atoms with Crippen molar-refractivity contribution in [3.63, 3.8) is 0 Å². The largest absolute Gasteiger partial charge is 0.545 e. The van der Waals surface area contributed by atoms with Crippen LogP contribution < -0.4 is 9.84 Å². The lowest BCUT2D eigenvalue weighted by atomic mass is 10.2. The van der Waals surface area contributed by atoms with E-state index in [0.717, 1.165) is 0 Å². The van der Waals surface area contributed by atoms with Crippen LogP contribution in [0.4, 0.5) is 0 Å². The highest BCUT2D eigenvalue weighted by Gasteiger charge is 2.01. The van der Waals surface area contributed by atoms with E-state index in [-0.39, 0.29) is 17.9 Å². The molecule has 1 aromatic rings. The van der Waals surface area contributed by atoms with Crippen LogP contribution in [0.1, 0.15) is 10.4 Å². The molecule has 66 valence electrons. The molecule has 3 nitrogen and oxygen atoms in total. The summed E-state index contributed by atoms with van der Waals surface area (Å²) in [5.41, 5.74) is 0.0118. The molecule has 1 rings (SSSR count). The minimum Gasteiger partial charge on any atom is -0.545 e. The Hall–Kier alpha value is -1.95. The number of rotatable bonds is 3. The highest BCUT2D eigenvalue weighted by molar-refractivity contribution is 5.89. The van der Waals surface area contributed by atoms with Crippen molar-refractivity contribution < 1.29 is 14.6 Å². The average Bonchev–Trinajstić information content (AvgIpc) is 2.15. The molecule has 0 saturated heterocycles. The Bertz CT molecular complexity index is 349. The van der Waals surface area contributed by atoms with E-state index in [0.29, 0.717) is 0 Å². The molecule has 0 aliphatic rings. The van der Waals surface area contributed by atoms with E-state index in [1.807, 2.05) is 0 Å². The summed E-state index contributed by atoms with van der Waals surface area (Å²) in [4.78, 5) is 10.5. The molecule has 0 atom stereocenters. The SMILES string of the molecule is C#CCOc1ccccc1C(=O)[O-]. The van der Waals surface area contributed by atoms with Gasteiger partial charge in [0.1, 0.15) is 12.4 Å². The molecular formula is C10H7O3-. The lowest BCUT2D eigenvalue weighted by molar-refractivity contribution is -0.255. The summed E-state index contributed by atoms with van der Waals surface area (Å²) in [5, 5.41) is 10.5. The van der Waals surface area contributed by atoms with Crippen LogP contribution in [-0.2, 0) is 0 Å². The molecule has 0 heterocycles. The Kier molecular flexibility index (Phi) is 2.93. The summed E-state index contributed by atoms with van der Waals surface area (Å²) < 4.78 is 4.99. The molecule has 0 unspecified atom stereocenters. The van der Waals surface area contributed by atoms with Crippen LogP contribution in [0, 0.1) is 12.3 Å². The van der Waals surface area contributed by atoms with E-state index >= 15 is 0 Å². The summed E-state index contributed by atoms with van der Waals surface area (Å²) in [6.07, 6.45) is 4.96. The van der Waals surface area contributed by atoms with Crippen molar-refractivity contribution in [3.05, 3.63) is 29.8 Å². The number of ether oxygens (including phenoxy) is 1. The van der Waals surface area contributed by atoms with Gasteiger partial charge in [0.05, 0.1) is 5.97 Å². The standard InChI is InChI=1S/C10H8O3/c1-2-7-13-9-6-4-3-5-8(9)10(11)12/h1,3-6H,7H2,(H,11,12)/p-1. The molecule has 0 bridgehead atoms. The van der Waals surface area contributed by atoms with Gasteiger partial charge in [0.25, 0.3) is 0 Å². The maximum absolute atomic E-state index is 10.5. The number of carboxylic acids is 1. The summed E-state index contributed by atoms with van der Waals surface area (Å²) in [6.45, 7) is 0.0459. The molecule has 0 aromatic heterocycles.